The fourth-order valence-electron chi connectivity index (χ4n) is 4.63. The van der Waals surface area contributed by atoms with Crippen LogP contribution in [0.5, 0.6) is 0 Å². The molecule has 1 N–H and O–H groups in total. The largest absolute Gasteiger partial charge is 0.326 e. The number of imide groups is 1. The van der Waals surface area contributed by atoms with Crippen LogP contribution in [0.15, 0.2) is 48.5 Å². The van der Waals surface area contributed by atoms with Gasteiger partial charge >= 0.3 is 6.03 Å². The molecule has 1 atom stereocenters. The molecule has 4 rings (SSSR count). The number of nitrogens with one attached hydrogen (secondary N) is 1. The van der Waals surface area contributed by atoms with E-state index in [1.54, 1.807) is 0 Å². The topological polar surface area (TPSA) is 52.6 Å². The summed E-state index contributed by atoms with van der Waals surface area (Å²) < 4.78 is 0. The molecule has 2 aromatic rings. The first kappa shape index (κ1) is 19.6. The highest BCUT2D eigenvalue weighted by Gasteiger charge is 2.53. The maximum Gasteiger partial charge on any atom is 0.326 e. The third-order valence-corrected chi connectivity index (χ3v) is 6.18. The Kier molecular flexibility index (Phi) is 5.41. The molecule has 1 aliphatic carbocycles. The molecule has 0 saturated carbocycles. The van der Waals surface area contributed by atoms with Crippen LogP contribution < -0.4 is 5.32 Å². The molecule has 152 valence electrons. The number of hydrogen-bond acceptors (Lipinski definition) is 3. The standard InChI is InChI=1S/C24H29N3O2/c1-3-26(16-19-10-8-9-18(2)15-19)17-27-22(28)24(25-23(27)29)14-7-6-12-20-11-4-5-13-21(20)24/h4-5,8-11,13,15H,3,6-7,12,14,16-17H2,1-2H3,(H,25,29)/t24-/m0/s1. The zero-order valence-electron chi connectivity index (χ0n) is 17.3. The Morgan fingerprint density at radius 2 is 1.93 bits per heavy atom. The van der Waals surface area contributed by atoms with E-state index in [0.29, 0.717) is 19.6 Å². The van der Waals surface area contributed by atoms with Gasteiger partial charge in [0.15, 0.2) is 0 Å². The molecule has 0 aromatic heterocycles. The fourth-order valence-corrected chi connectivity index (χ4v) is 4.63. The third kappa shape index (κ3) is 3.67. The molecule has 1 aliphatic heterocycles. The normalized spacial score (nSPS) is 21.4. The van der Waals surface area contributed by atoms with E-state index in [9.17, 15) is 9.59 Å². The van der Waals surface area contributed by atoms with Gasteiger partial charge in [0.1, 0.15) is 5.54 Å². The third-order valence-electron chi connectivity index (χ3n) is 6.18. The molecule has 2 aliphatic rings. The summed E-state index contributed by atoms with van der Waals surface area (Å²) in [5, 5.41) is 3.08. The average Bonchev–Trinajstić information content (AvgIpc) is 2.85. The molecule has 0 radical (unpaired) electrons. The van der Waals surface area contributed by atoms with E-state index in [1.165, 1.54) is 21.6 Å². The molecule has 2 aromatic carbocycles. The second-order valence-electron chi connectivity index (χ2n) is 8.21. The molecule has 5 nitrogen and oxygen atoms in total. The molecule has 1 fully saturated rings. The number of rotatable bonds is 5. The number of hydrogen-bond donors (Lipinski definition) is 1. The van der Waals surface area contributed by atoms with Crippen molar-refractivity contribution in [3.05, 3.63) is 70.8 Å². The first-order chi connectivity index (χ1) is 14.0. The smallest absolute Gasteiger partial charge is 0.319 e. The summed E-state index contributed by atoms with van der Waals surface area (Å²) in [4.78, 5) is 30.0. The number of carbonyl (C=O) groups excluding carboxylic acids is 2. The first-order valence-corrected chi connectivity index (χ1v) is 10.5. The number of carbonyl (C=O) groups is 2. The van der Waals surface area contributed by atoms with Crippen LogP contribution in [0.25, 0.3) is 0 Å². The number of fused-ring (bicyclic) bond motifs is 2. The lowest BCUT2D eigenvalue weighted by Crippen LogP contribution is -2.45. The summed E-state index contributed by atoms with van der Waals surface area (Å²) in [6.07, 6.45) is 3.58. The fraction of sp³-hybridized carbons (Fsp3) is 0.417. The lowest BCUT2D eigenvalue weighted by atomic mass is 9.84. The van der Waals surface area contributed by atoms with Crippen LogP contribution in [-0.2, 0) is 23.3 Å². The lowest BCUT2D eigenvalue weighted by Gasteiger charge is -2.29. The highest BCUT2D eigenvalue weighted by atomic mass is 16.2. The Hall–Kier alpha value is -2.66. The van der Waals surface area contributed by atoms with E-state index in [0.717, 1.165) is 31.4 Å². The summed E-state index contributed by atoms with van der Waals surface area (Å²) in [5.74, 6) is -0.112. The zero-order valence-corrected chi connectivity index (χ0v) is 17.3. The molecule has 29 heavy (non-hydrogen) atoms. The van der Waals surface area contributed by atoms with E-state index in [2.05, 4.69) is 48.3 Å². The van der Waals surface area contributed by atoms with Crippen molar-refractivity contribution < 1.29 is 9.59 Å². The van der Waals surface area contributed by atoms with E-state index in [-0.39, 0.29) is 11.9 Å². The zero-order chi connectivity index (χ0) is 20.4. The van der Waals surface area contributed by atoms with Crippen molar-refractivity contribution in [1.29, 1.82) is 0 Å². The number of nitrogens with zero attached hydrogens (tertiary/aromatic N) is 2. The second-order valence-corrected chi connectivity index (χ2v) is 8.21. The van der Waals surface area contributed by atoms with Crippen molar-refractivity contribution in [3.8, 4) is 0 Å². The Bertz CT molecular complexity index is 926. The second kappa shape index (κ2) is 7.99. The maximum atomic E-state index is 13.6. The molecule has 5 heteroatoms. The van der Waals surface area contributed by atoms with Gasteiger partial charge in [0.05, 0.1) is 6.67 Å². The summed E-state index contributed by atoms with van der Waals surface area (Å²) in [5.41, 5.74) is 3.64. The van der Waals surface area contributed by atoms with Crippen LogP contribution in [0.2, 0.25) is 0 Å². The minimum Gasteiger partial charge on any atom is -0.319 e. The number of amides is 3. The minimum atomic E-state index is -0.910. The summed E-state index contributed by atoms with van der Waals surface area (Å²) in [6.45, 7) is 5.90. The predicted molar refractivity (Wildman–Crippen MR) is 113 cm³/mol. The van der Waals surface area contributed by atoms with Gasteiger partial charge in [-0.2, -0.15) is 0 Å². The van der Waals surface area contributed by atoms with Crippen molar-refractivity contribution in [2.45, 2.75) is 51.6 Å². The SMILES string of the molecule is CCN(Cc1cccc(C)c1)CN1C(=O)N[C@]2(CCCCc3ccccc32)C1=O. The molecule has 1 heterocycles. The Balaban J connectivity index is 1.58. The quantitative estimate of drug-likeness (QED) is 0.786. The van der Waals surface area contributed by atoms with Gasteiger partial charge in [0.2, 0.25) is 0 Å². The Morgan fingerprint density at radius 3 is 2.72 bits per heavy atom. The molecule has 1 spiro atoms. The number of benzene rings is 2. The van der Waals surface area contributed by atoms with Crippen molar-refractivity contribution in [2.24, 2.45) is 0 Å². The average molecular weight is 392 g/mol. The van der Waals surface area contributed by atoms with Gasteiger partial charge in [-0.15, -0.1) is 0 Å². The van der Waals surface area contributed by atoms with Crippen LogP contribution in [-0.4, -0.2) is 35.0 Å². The van der Waals surface area contributed by atoms with Crippen LogP contribution in [0.4, 0.5) is 4.79 Å². The van der Waals surface area contributed by atoms with E-state index in [4.69, 9.17) is 0 Å². The van der Waals surface area contributed by atoms with Crippen LogP contribution in [0, 0.1) is 6.92 Å². The van der Waals surface area contributed by atoms with Gasteiger partial charge in [-0.05, 0) is 55.8 Å². The van der Waals surface area contributed by atoms with Gasteiger partial charge in [0.25, 0.3) is 5.91 Å². The van der Waals surface area contributed by atoms with E-state index < -0.39 is 5.54 Å². The van der Waals surface area contributed by atoms with Crippen molar-refractivity contribution in [1.82, 2.24) is 15.1 Å². The maximum absolute atomic E-state index is 13.6. The van der Waals surface area contributed by atoms with Gasteiger partial charge in [-0.1, -0.05) is 61.0 Å². The summed E-state index contributed by atoms with van der Waals surface area (Å²) in [6, 6.07) is 16.1. The number of aryl methyl sites for hydroxylation is 2. The van der Waals surface area contributed by atoms with Gasteiger partial charge in [0, 0.05) is 6.54 Å². The Morgan fingerprint density at radius 1 is 1.10 bits per heavy atom. The van der Waals surface area contributed by atoms with Gasteiger partial charge < -0.3 is 5.32 Å². The van der Waals surface area contributed by atoms with E-state index >= 15 is 0 Å². The molecule has 0 bridgehead atoms. The highest BCUT2D eigenvalue weighted by Crippen LogP contribution is 2.39. The first-order valence-electron chi connectivity index (χ1n) is 10.5. The van der Waals surface area contributed by atoms with Gasteiger partial charge in [-0.3, -0.25) is 9.69 Å². The molecule has 1 saturated heterocycles. The summed E-state index contributed by atoms with van der Waals surface area (Å²) in [7, 11) is 0. The monoisotopic (exact) mass is 391 g/mol. The molecular formula is C24H29N3O2. The van der Waals surface area contributed by atoms with E-state index in [1.807, 2.05) is 24.3 Å². The summed E-state index contributed by atoms with van der Waals surface area (Å²) >= 11 is 0. The molecular weight excluding hydrogens is 362 g/mol. The molecule has 0 unspecified atom stereocenters. The van der Waals surface area contributed by atoms with Crippen LogP contribution >= 0.6 is 0 Å². The highest BCUT2D eigenvalue weighted by molar-refractivity contribution is 6.07. The Labute approximate surface area is 172 Å². The van der Waals surface area contributed by atoms with Crippen molar-refractivity contribution >= 4 is 11.9 Å². The minimum absolute atomic E-state index is 0.112. The predicted octanol–water partition coefficient (Wildman–Crippen LogP) is 3.95. The van der Waals surface area contributed by atoms with Crippen molar-refractivity contribution in [3.63, 3.8) is 0 Å². The molecule has 3 amide bonds. The van der Waals surface area contributed by atoms with Crippen molar-refractivity contribution in [2.75, 3.05) is 13.2 Å². The van der Waals surface area contributed by atoms with Crippen LogP contribution in [0.1, 0.15) is 48.4 Å². The van der Waals surface area contributed by atoms with Gasteiger partial charge in [-0.25, -0.2) is 9.69 Å². The van der Waals surface area contributed by atoms with Crippen LogP contribution in [0.3, 0.4) is 0 Å². The number of urea groups is 1. The lowest BCUT2D eigenvalue weighted by molar-refractivity contribution is -0.133.